The largest absolute Gasteiger partial charge is 0.509 e. The van der Waals surface area contributed by atoms with Gasteiger partial charge in [0.25, 0.3) is 0 Å². The van der Waals surface area contributed by atoms with Crippen molar-refractivity contribution >= 4 is 0 Å². The van der Waals surface area contributed by atoms with Crippen LogP contribution in [0.5, 0.6) is 0 Å². The number of rotatable bonds is 6. The second-order valence-corrected chi connectivity index (χ2v) is 2.26. The average molecular weight is 170 g/mol. The first kappa shape index (κ1) is 10.9. The van der Waals surface area contributed by atoms with Crippen molar-refractivity contribution in [1.29, 1.82) is 0 Å². The van der Waals surface area contributed by atoms with Gasteiger partial charge in [-0.15, -0.1) is 0 Å². The van der Waals surface area contributed by atoms with Gasteiger partial charge in [0.1, 0.15) is 5.76 Å². The Kier molecular flexibility index (Phi) is 6.05. The van der Waals surface area contributed by atoms with E-state index in [1.807, 2.05) is 0 Å². The highest BCUT2D eigenvalue weighted by Crippen LogP contribution is 1.96. The van der Waals surface area contributed by atoms with Crippen molar-refractivity contribution < 1.29 is 14.9 Å². The van der Waals surface area contributed by atoms with E-state index < -0.39 is 0 Å². The van der Waals surface area contributed by atoms with Crippen LogP contribution in [0.4, 0.5) is 0 Å². The molecule has 0 aromatic heterocycles. The zero-order chi connectivity index (χ0) is 9.40. The van der Waals surface area contributed by atoms with Gasteiger partial charge in [0.15, 0.2) is 0 Å². The van der Waals surface area contributed by atoms with Crippen LogP contribution in [0.25, 0.3) is 0 Å². The van der Waals surface area contributed by atoms with Gasteiger partial charge in [-0.25, -0.2) is 0 Å². The maximum atomic E-state index is 8.67. The molecule has 0 amide bonds. The summed E-state index contributed by atoms with van der Waals surface area (Å²) in [7, 11) is 0. The summed E-state index contributed by atoms with van der Waals surface area (Å²) < 4.78 is 4.96. The van der Waals surface area contributed by atoms with Crippen LogP contribution >= 0.6 is 0 Å². The highest BCUT2D eigenvalue weighted by Gasteiger charge is 1.88. The molecule has 68 valence electrons. The molecule has 2 N–H and O–H groups in total. The molecule has 0 aliphatic carbocycles. The van der Waals surface area contributed by atoms with E-state index in [9.17, 15) is 0 Å². The summed E-state index contributed by atoms with van der Waals surface area (Å²) >= 11 is 0. The third-order valence-electron chi connectivity index (χ3n) is 1.03. The van der Waals surface area contributed by atoms with Crippen LogP contribution in [0.2, 0.25) is 0 Å². The van der Waals surface area contributed by atoms with Crippen LogP contribution in [-0.4, -0.2) is 30.0 Å². The minimum Gasteiger partial charge on any atom is -0.509 e. The SMILES string of the molecule is C=C(O)/C=C\C(=C)COCCO. The van der Waals surface area contributed by atoms with E-state index >= 15 is 0 Å². The highest BCUT2D eigenvalue weighted by molar-refractivity contribution is 5.20. The summed E-state index contributed by atoms with van der Waals surface area (Å²) in [6.45, 7) is 7.58. The molecular formula is C9H14O3. The van der Waals surface area contributed by atoms with Crippen molar-refractivity contribution in [3.8, 4) is 0 Å². The first-order valence-corrected chi connectivity index (χ1v) is 3.59. The van der Waals surface area contributed by atoms with Crippen LogP contribution in [-0.2, 0) is 4.74 Å². The quantitative estimate of drug-likeness (QED) is 0.357. The van der Waals surface area contributed by atoms with Gasteiger partial charge in [0, 0.05) is 0 Å². The van der Waals surface area contributed by atoms with E-state index in [-0.39, 0.29) is 12.4 Å². The van der Waals surface area contributed by atoms with Crippen molar-refractivity contribution in [3.05, 3.63) is 36.6 Å². The van der Waals surface area contributed by atoms with Gasteiger partial charge in [-0.2, -0.15) is 0 Å². The molecule has 3 heteroatoms. The molecule has 0 heterocycles. The Balaban J connectivity index is 3.53. The minimum atomic E-state index is -0.0155. The Hall–Kier alpha value is -1.06. The smallest absolute Gasteiger partial charge is 0.108 e. The fraction of sp³-hybridized carbons (Fsp3) is 0.333. The Morgan fingerprint density at radius 2 is 2.00 bits per heavy atom. The van der Waals surface area contributed by atoms with Gasteiger partial charge in [-0.05, 0) is 11.6 Å². The van der Waals surface area contributed by atoms with Crippen LogP contribution < -0.4 is 0 Å². The summed E-state index contributed by atoms with van der Waals surface area (Å²) in [5, 5.41) is 17.0. The lowest BCUT2D eigenvalue weighted by atomic mass is 10.3. The van der Waals surface area contributed by atoms with Crippen molar-refractivity contribution in [2.24, 2.45) is 0 Å². The maximum Gasteiger partial charge on any atom is 0.108 e. The van der Waals surface area contributed by atoms with Gasteiger partial charge in [-0.1, -0.05) is 19.2 Å². The molecule has 0 radical (unpaired) electrons. The van der Waals surface area contributed by atoms with Gasteiger partial charge in [-0.3, -0.25) is 0 Å². The number of allylic oxidation sites excluding steroid dienone is 1. The lowest BCUT2D eigenvalue weighted by Crippen LogP contribution is -2.01. The molecular weight excluding hydrogens is 156 g/mol. The fourth-order valence-corrected chi connectivity index (χ4v) is 0.530. The third kappa shape index (κ3) is 7.05. The monoisotopic (exact) mass is 170 g/mol. The van der Waals surface area contributed by atoms with E-state index in [0.29, 0.717) is 13.2 Å². The molecule has 0 spiro atoms. The summed E-state index contributed by atoms with van der Waals surface area (Å²) in [6, 6.07) is 0. The molecule has 0 saturated heterocycles. The first-order valence-electron chi connectivity index (χ1n) is 3.59. The van der Waals surface area contributed by atoms with Crippen LogP contribution in [0.1, 0.15) is 0 Å². The summed E-state index contributed by atoms with van der Waals surface area (Å²) in [5.74, 6) is -0.0155. The average Bonchev–Trinajstić information content (AvgIpc) is 2.01. The second kappa shape index (κ2) is 6.64. The zero-order valence-electron chi connectivity index (χ0n) is 6.99. The van der Waals surface area contributed by atoms with Gasteiger partial charge >= 0.3 is 0 Å². The predicted molar refractivity (Wildman–Crippen MR) is 48.0 cm³/mol. The van der Waals surface area contributed by atoms with E-state index in [4.69, 9.17) is 14.9 Å². The number of ether oxygens (including phenoxy) is 1. The highest BCUT2D eigenvalue weighted by atomic mass is 16.5. The molecule has 0 aliphatic rings. The Morgan fingerprint density at radius 1 is 1.33 bits per heavy atom. The Labute approximate surface area is 72.3 Å². The Bertz CT molecular complexity index is 182. The molecule has 0 atom stereocenters. The van der Waals surface area contributed by atoms with E-state index in [1.165, 1.54) is 6.08 Å². The lowest BCUT2D eigenvalue weighted by Gasteiger charge is -2.00. The van der Waals surface area contributed by atoms with Gasteiger partial charge in [0.05, 0.1) is 19.8 Å². The van der Waals surface area contributed by atoms with Crippen LogP contribution in [0.15, 0.2) is 36.6 Å². The fourth-order valence-electron chi connectivity index (χ4n) is 0.530. The molecule has 0 fully saturated rings. The summed E-state index contributed by atoms with van der Waals surface area (Å²) in [6.07, 6.45) is 3.05. The second-order valence-electron chi connectivity index (χ2n) is 2.26. The maximum absolute atomic E-state index is 8.67. The molecule has 0 unspecified atom stereocenters. The number of aliphatic hydroxyl groups is 2. The van der Waals surface area contributed by atoms with Crippen molar-refractivity contribution in [2.45, 2.75) is 0 Å². The normalized spacial score (nSPS) is 10.4. The first-order chi connectivity index (χ1) is 5.66. The van der Waals surface area contributed by atoms with E-state index in [2.05, 4.69) is 13.2 Å². The van der Waals surface area contributed by atoms with Crippen molar-refractivity contribution in [1.82, 2.24) is 0 Å². The summed E-state index contributed by atoms with van der Waals surface area (Å²) in [4.78, 5) is 0. The topological polar surface area (TPSA) is 49.7 Å². The molecule has 0 saturated carbocycles. The van der Waals surface area contributed by atoms with E-state index in [1.54, 1.807) is 6.08 Å². The molecule has 3 nitrogen and oxygen atoms in total. The van der Waals surface area contributed by atoms with Crippen molar-refractivity contribution in [2.75, 3.05) is 19.8 Å². The number of hydrogen-bond donors (Lipinski definition) is 2. The Morgan fingerprint density at radius 3 is 2.50 bits per heavy atom. The predicted octanol–water partition coefficient (Wildman–Crippen LogP) is 1.18. The van der Waals surface area contributed by atoms with Crippen molar-refractivity contribution in [3.63, 3.8) is 0 Å². The molecule has 0 aromatic carbocycles. The van der Waals surface area contributed by atoms with Crippen LogP contribution in [0.3, 0.4) is 0 Å². The molecule has 12 heavy (non-hydrogen) atoms. The van der Waals surface area contributed by atoms with Crippen LogP contribution in [0, 0.1) is 0 Å². The molecule has 0 aromatic rings. The molecule has 0 rings (SSSR count). The molecule has 0 aliphatic heterocycles. The minimum absolute atomic E-state index is 0.00367. The molecule has 0 bridgehead atoms. The number of aliphatic hydroxyl groups excluding tert-OH is 2. The third-order valence-corrected chi connectivity index (χ3v) is 1.03. The van der Waals surface area contributed by atoms with E-state index in [0.717, 1.165) is 5.57 Å². The number of hydrogen-bond acceptors (Lipinski definition) is 3. The standard InChI is InChI=1S/C9H14O3/c1-8(3-4-9(2)11)7-12-6-5-10/h3-4,10-11H,1-2,5-7H2/b4-3-. The summed E-state index contributed by atoms with van der Waals surface area (Å²) in [5.41, 5.74) is 0.721. The zero-order valence-corrected chi connectivity index (χ0v) is 6.99. The van der Waals surface area contributed by atoms with Gasteiger partial charge < -0.3 is 14.9 Å². The van der Waals surface area contributed by atoms with Gasteiger partial charge in [0.2, 0.25) is 0 Å². The lowest BCUT2D eigenvalue weighted by molar-refractivity contribution is 0.109.